The van der Waals surface area contributed by atoms with E-state index in [1.807, 2.05) is 18.2 Å². The van der Waals surface area contributed by atoms with Crippen LogP contribution < -0.4 is 4.74 Å². The Morgan fingerprint density at radius 3 is 2.38 bits per heavy atom. The Labute approximate surface area is 138 Å². The topological polar surface area (TPSA) is 80.7 Å². The maximum absolute atomic E-state index is 12.9. The first-order valence-electron chi connectivity index (χ1n) is 7.18. The summed E-state index contributed by atoms with van der Waals surface area (Å²) in [7, 11) is -2.80. The SMILES string of the molecule is COc1ccc2c3c(cccc13)C(=O)c1cc(S(=O)(=O)O)ccc1-2. The molecule has 3 aromatic rings. The number of fused-ring (bicyclic) bond motifs is 2. The fourth-order valence-electron chi connectivity index (χ4n) is 3.22. The summed E-state index contributed by atoms with van der Waals surface area (Å²) < 4.78 is 37.4. The van der Waals surface area contributed by atoms with Gasteiger partial charge >= 0.3 is 0 Å². The number of carbonyl (C=O) groups is 1. The number of rotatable bonds is 2. The summed E-state index contributed by atoms with van der Waals surface area (Å²) >= 11 is 0. The monoisotopic (exact) mass is 340 g/mol. The van der Waals surface area contributed by atoms with Gasteiger partial charge in [-0.15, -0.1) is 0 Å². The normalized spacial score (nSPS) is 13.0. The lowest BCUT2D eigenvalue weighted by Crippen LogP contribution is -2.11. The fraction of sp³-hybridized carbons (Fsp3) is 0.0556. The van der Waals surface area contributed by atoms with E-state index in [0.717, 1.165) is 16.3 Å². The van der Waals surface area contributed by atoms with Crippen LogP contribution in [0.2, 0.25) is 0 Å². The van der Waals surface area contributed by atoms with E-state index in [-0.39, 0.29) is 16.2 Å². The number of ketones is 1. The Balaban J connectivity index is 2.12. The number of hydrogen-bond acceptors (Lipinski definition) is 4. The van der Waals surface area contributed by atoms with Crippen molar-refractivity contribution in [1.82, 2.24) is 0 Å². The van der Waals surface area contributed by atoms with Gasteiger partial charge in [-0.3, -0.25) is 9.35 Å². The van der Waals surface area contributed by atoms with Crippen molar-refractivity contribution in [2.24, 2.45) is 0 Å². The van der Waals surface area contributed by atoms with Gasteiger partial charge in [0.2, 0.25) is 0 Å². The molecule has 0 amide bonds. The second kappa shape index (κ2) is 4.90. The van der Waals surface area contributed by atoms with E-state index in [1.165, 1.54) is 12.1 Å². The molecule has 0 fully saturated rings. The number of ether oxygens (including phenoxy) is 1. The Morgan fingerprint density at radius 2 is 1.67 bits per heavy atom. The minimum atomic E-state index is -4.37. The zero-order valence-corrected chi connectivity index (χ0v) is 13.4. The molecule has 120 valence electrons. The molecule has 0 spiro atoms. The van der Waals surface area contributed by atoms with Gasteiger partial charge in [0, 0.05) is 21.9 Å². The molecule has 4 rings (SSSR count). The van der Waals surface area contributed by atoms with Crippen LogP contribution in [0.15, 0.2) is 53.4 Å². The molecule has 24 heavy (non-hydrogen) atoms. The first-order chi connectivity index (χ1) is 11.4. The van der Waals surface area contributed by atoms with Crippen molar-refractivity contribution >= 4 is 26.7 Å². The fourth-order valence-corrected chi connectivity index (χ4v) is 3.73. The lowest BCUT2D eigenvalue weighted by atomic mass is 9.82. The molecule has 1 N–H and O–H groups in total. The number of benzene rings is 3. The Bertz CT molecular complexity index is 1130. The smallest absolute Gasteiger partial charge is 0.294 e. The molecule has 0 aliphatic heterocycles. The van der Waals surface area contributed by atoms with Gasteiger partial charge in [-0.1, -0.05) is 30.3 Å². The molecule has 3 aromatic carbocycles. The van der Waals surface area contributed by atoms with E-state index < -0.39 is 10.1 Å². The lowest BCUT2D eigenvalue weighted by Gasteiger charge is -2.21. The van der Waals surface area contributed by atoms with Gasteiger partial charge in [0.25, 0.3) is 10.1 Å². The van der Waals surface area contributed by atoms with E-state index in [9.17, 15) is 17.8 Å². The molecule has 0 aromatic heterocycles. The van der Waals surface area contributed by atoms with Gasteiger partial charge in [-0.2, -0.15) is 8.42 Å². The van der Waals surface area contributed by atoms with Crippen molar-refractivity contribution in [2.45, 2.75) is 4.90 Å². The zero-order chi connectivity index (χ0) is 17.1. The van der Waals surface area contributed by atoms with Crippen molar-refractivity contribution in [1.29, 1.82) is 0 Å². The molecule has 0 saturated heterocycles. The molecule has 0 radical (unpaired) electrons. The van der Waals surface area contributed by atoms with Crippen LogP contribution in [0, 0.1) is 0 Å². The van der Waals surface area contributed by atoms with Gasteiger partial charge in [-0.25, -0.2) is 0 Å². The third-order valence-corrected chi connectivity index (χ3v) is 5.14. The van der Waals surface area contributed by atoms with Gasteiger partial charge in [-0.05, 0) is 29.3 Å². The summed E-state index contributed by atoms with van der Waals surface area (Å²) in [6, 6.07) is 13.1. The van der Waals surface area contributed by atoms with Crippen LogP contribution in [0.1, 0.15) is 15.9 Å². The molecule has 6 heteroatoms. The summed E-state index contributed by atoms with van der Waals surface area (Å²) in [5, 5.41) is 1.61. The molecular formula is C18H12O5S. The first kappa shape index (κ1) is 14.9. The van der Waals surface area contributed by atoms with Crippen LogP contribution in [0.5, 0.6) is 5.75 Å². The maximum atomic E-state index is 12.9. The first-order valence-corrected chi connectivity index (χ1v) is 8.62. The van der Waals surface area contributed by atoms with E-state index in [1.54, 1.807) is 25.3 Å². The summed E-state index contributed by atoms with van der Waals surface area (Å²) in [6.07, 6.45) is 0. The summed E-state index contributed by atoms with van der Waals surface area (Å²) in [5.41, 5.74) is 2.22. The Hall–Kier alpha value is -2.70. The zero-order valence-electron chi connectivity index (χ0n) is 12.6. The molecule has 0 unspecified atom stereocenters. The highest BCUT2D eigenvalue weighted by molar-refractivity contribution is 7.85. The minimum Gasteiger partial charge on any atom is -0.496 e. The standard InChI is InChI=1S/C18H12O5S/c1-23-16-8-7-12-11-6-5-10(24(20,21)22)9-15(11)18(19)14-4-2-3-13(16)17(12)14/h2-9H,1H3,(H,20,21,22). The summed E-state index contributed by atoms with van der Waals surface area (Å²) in [4.78, 5) is 12.6. The molecule has 1 aliphatic carbocycles. The Kier molecular flexibility index (Phi) is 3.03. The third-order valence-electron chi connectivity index (χ3n) is 4.29. The van der Waals surface area contributed by atoms with Crippen molar-refractivity contribution in [3.63, 3.8) is 0 Å². The average molecular weight is 340 g/mol. The van der Waals surface area contributed by atoms with Gasteiger partial charge in [0.15, 0.2) is 5.78 Å². The molecule has 0 bridgehead atoms. The third kappa shape index (κ3) is 1.97. The van der Waals surface area contributed by atoms with Gasteiger partial charge in [0.1, 0.15) is 5.75 Å². The number of hydrogen-bond donors (Lipinski definition) is 1. The van der Waals surface area contributed by atoms with Crippen LogP contribution in [0.25, 0.3) is 21.9 Å². The van der Waals surface area contributed by atoms with Crippen LogP contribution in [0.4, 0.5) is 0 Å². The van der Waals surface area contributed by atoms with Crippen molar-refractivity contribution in [2.75, 3.05) is 7.11 Å². The summed E-state index contributed by atoms with van der Waals surface area (Å²) in [6.45, 7) is 0. The molecule has 0 heterocycles. The van der Waals surface area contributed by atoms with Crippen molar-refractivity contribution in [3.8, 4) is 16.9 Å². The van der Waals surface area contributed by atoms with Crippen LogP contribution >= 0.6 is 0 Å². The maximum Gasteiger partial charge on any atom is 0.294 e. The second-order valence-electron chi connectivity index (χ2n) is 5.56. The minimum absolute atomic E-state index is 0.260. The number of carbonyl (C=O) groups excluding carboxylic acids is 1. The predicted octanol–water partition coefficient (Wildman–Crippen LogP) is 3.31. The van der Waals surface area contributed by atoms with Crippen LogP contribution in [-0.4, -0.2) is 25.9 Å². The molecule has 0 atom stereocenters. The average Bonchev–Trinajstić information content (AvgIpc) is 2.57. The molecule has 1 aliphatic rings. The Morgan fingerprint density at radius 1 is 0.917 bits per heavy atom. The molecule has 0 saturated carbocycles. The highest BCUT2D eigenvalue weighted by atomic mass is 32.2. The van der Waals surface area contributed by atoms with Crippen molar-refractivity contribution < 1.29 is 22.5 Å². The molecular weight excluding hydrogens is 328 g/mol. The largest absolute Gasteiger partial charge is 0.496 e. The highest BCUT2D eigenvalue weighted by Crippen LogP contribution is 2.42. The van der Waals surface area contributed by atoms with E-state index in [4.69, 9.17) is 4.74 Å². The summed E-state index contributed by atoms with van der Waals surface area (Å²) in [5.74, 6) is 0.392. The lowest BCUT2D eigenvalue weighted by molar-refractivity contribution is 0.104. The van der Waals surface area contributed by atoms with E-state index in [2.05, 4.69) is 0 Å². The quantitative estimate of drug-likeness (QED) is 0.566. The van der Waals surface area contributed by atoms with E-state index >= 15 is 0 Å². The van der Waals surface area contributed by atoms with Gasteiger partial charge in [0.05, 0.1) is 12.0 Å². The van der Waals surface area contributed by atoms with E-state index in [0.29, 0.717) is 16.9 Å². The number of methoxy groups -OCH3 is 1. The molecule has 5 nitrogen and oxygen atoms in total. The van der Waals surface area contributed by atoms with Crippen molar-refractivity contribution in [3.05, 3.63) is 59.7 Å². The van der Waals surface area contributed by atoms with Crippen LogP contribution in [0.3, 0.4) is 0 Å². The van der Waals surface area contributed by atoms with Crippen LogP contribution in [-0.2, 0) is 10.1 Å². The van der Waals surface area contributed by atoms with Gasteiger partial charge < -0.3 is 4.74 Å². The highest BCUT2D eigenvalue weighted by Gasteiger charge is 2.27. The second-order valence-corrected chi connectivity index (χ2v) is 6.98. The predicted molar refractivity (Wildman–Crippen MR) is 89.2 cm³/mol.